The summed E-state index contributed by atoms with van der Waals surface area (Å²) in [5.74, 6) is 0.0346. The molecule has 1 fully saturated rings. The first-order valence-electron chi connectivity index (χ1n) is 8.25. The van der Waals surface area contributed by atoms with Crippen molar-refractivity contribution in [1.29, 1.82) is 0 Å². The Morgan fingerprint density at radius 3 is 3.09 bits per heavy atom. The summed E-state index contributed by atoms with van der Waals surface area (Å²) in [5.41, 5.74) is 2.64. The summed E-state index contributed by atoms with van der Waals surface area (Å²) >= 11 is 6.18. The molecule has 1 N–H and O–H groups in total. The van der Waals surface area contributed by atoms with Gasteiger partial charge in [-0.25, -0.2) is 0 Å². The van der Waals surface area contributed by atoms with E-state index in [1.165, 1.54) is 6.42 Å². The normalized spacial score (nSPS) is 18.7. The van der Waals surface area contributed by atoms with E-state index in [1.54, 1.807) is 6.26 Å². The fraction of sp³-hybridized carbons (Fsp3) is 0.500. The first-order chi connectivity index (χ1) is 11.1. The zero-order valence-electron chi connectivity index (χ0n) is 13.7. The first kappa shape index (κ1) is 16.3. The molecule has 0 radical (unpaired) electrons. The SMILES string of the molecule is CCN1CCC[C@H]1CNC(=O)Cc1coc2cc(C)c(Cl)cc12. The number of benzene rings is 1. The van der Waals surface area contributed by atoms with Gasteiger partial charge in [-0.1, -0.05) is 18.5 Å². The van der Waals surface area contributed by atoms with Gasteiger partial charge in [-0.2, -0.15) is 0 Å². The minimum absolute atomic E-state index is 0.0346. The summed E-state index contributed by atoms with van der Waals surface area (Å²) in [4.78, 5) is 14.7. The van der Waals surface area contributed by atoms with Gasteiger partial charge in [0.1, 0.15) is 5.58 Å². The summed E-state index contributed by atoms with van der Waals surface area (Å²) < 4.78 is 5.55. The Balaban J connectivity index is 1.63. The van der Waals surface area contributed by atoms with Gasteiger partial charge in [-0.05, 0) is 50.6 Å². The molecule has 2 aromatic rings. The van der Waals surface area contributed by atoms with Gasteiger partial charge in [-0.15, -0.1) is 0 Å². The number of aryl methyl sites for hydroxylation is 1. The van der Waals surface area contributed by atoms with E-state index in [0.717, 1.165) is 48.2 Å². The molecule has 0 unspecified atom stereocenters. The molecule has 0 saturated carbocycles. The fourth-order valence-electron chi connectivity index (χ4n) is 3.35. The summed E-state index contributed by atoms with van der Waals surface area (Å²) in [6, 6.07) is 4.27. The van der Waals surface area contributed by atoms with Crippen molar-refractivity contribution < 1.29 is 9.21 Å². The van der Waals surface area contributed by atoms with Crippen molar-refractivity contribution >= 4 is 28.5 Å². The van der Waals surface area contributed by atoms with Crippen molar-refractivity contribution in [3.63, 3.8) is 0 Å². The van der Waals surface area contributed by atoms with Gasteiger partial charge >= 0.3 is 0 Å². The molecule has 3 rings (SSSR count). The second-order valence-corrected chi connectivity index (χ2v) is 6.67. The molecule has 1 aromatic heterocycles. The standard InChI is InChI=1S/C18H23ClN2O2/c1-3-21-6-4-5-14(21)10-20-18(22)8-13-11-23-17-7-12(2)16(19)9-15(13)17/h7,9,11,14H,3-6,8,10H2,1-2H3,(H,20,22)/t14-/m0/s1. The quantitative estimate of drug-likeness (QED) is 0.909. The Morgan fingerprint density at radius 1 is 1.48 bits per heavy atom. The molecule has 0 aliphatic carbocycles. The Hall–Kier alpha value is -1.52. The van der Waals surface area contributed by atoms with Crippen LogP contribution in [-0.4, -0.2) is 36.5 Å². The number of rotatable bonds is 5. The average molecular weight is 335 g/mol. The number of carbonyl (C=O) groups is 1. The number of hydrogen-bond acceptors (Lipinski definition) is 3. The van der Waals surface area contributed by atoms with Gasteiger partial charge < -0.3 is 9.73 Å². The predicted molar refractivity (Wildman–Crippen MR) is 92.9 cm³/mol. The predicted octanol–water partition coefficient (Wildman–Crippen LogP) is 3.54. The number of hydrogen-bond donors (Lipinski definition) is 1. The minimum atomic E-state index is 0.0346. The lowest BCUT2D eigenvalue weighted by Gasteiger charge is -2.22. The van der Waals surface area contributed by atoms with E-state index in [2.05, 4.69) is 17.1 Å². The number of furan rings is 1. The lowest BCUT2D eigenvalue weighted by Crippen LogP contribution is -2.40. The highest BCUT2D eigenvalue weighted by Gasteiger charge is 2.23. The molecule has 5 heteroatoms. The lowest BCUT2D eigenvalue weighted by molar-refractivity contribution is -0.120. The molecule has 124 valence electrons. The molecule has 2 heterocycles. The van der Waals surface area contributed by atoms with Crippen molar-refractivity contribution in [2.75, 3.05) is 19.6 Å². The van der Waals surface area contributed by atoms with Crippen LogP contribution in [0.1, 0.15) is 30.9 Å². The highest BCUT2D eigenvalue weighted by Crippen LogP contribution is 2.28. The lowest BCUT2D eigenvalue weighted by atomic mass is 10.1. The van der Waals surface area contributed by atoms with Gasteiger partial charge in [0.2, 0.25) is 5.91 Å². The van der Waals surface area contributed by atoms with Crippen molar-refractivity contribution in [3.05, 3.63) is 34.5 Å². The van der Waals surface area contributed by atoms with Gasteiger partial charge in [0.25, 0.3) is 0 Å². The van der Waals surface area contributed by atoms with Crippen LogP contribution in [0.3, 0.4) is 0 Å². The number of likely N-dealkylation sites (N-methyl/N-ethyl adjacent to an activating group) is 1. The van der Waals surface area contributed by atoms with Crippen LogP contribution in [-0.2, 0) is 11.2 Å². The number of fused-ring (bicyclic) bond motifs is 1. The zero-order valence-corrected chi connectivity index (χ0v) is 14.4. The molecule has 1 aliphatic heterocycles. The van der Waals surface area contributed by atoms with Gasteiger partial charge in [0, 0.05) is 28.6 Å². The zero-order chi connectivity index (χ0) is 16.4. The maximum atomic E-state index is 12.3. The topological polar surface area (TPSA) is 45.5 Å². The largest absolute Gasteiger partial charge is 0.464 e. The molecular formula is C18H23ClN2O2. The number of carbonyl (C=O) groups excluding carboxylic acids is 1. The molecule has 23 heavy (non-hydrogen) atoms. The second-order valence-electron chi connectivity index (χ2n) is 6.26. The Morgan fingerprint density at radius 2 is 2.30 bits per heavy atom. The monoisotopic (exact) mass is 334 g/mol. The number of likely N-dealkylation sites (tertiary alicyclic amines) is 1. The molecule has 0 bridgehead atoms. The molecular weight excluding hydrogens is 312 g/mol. The maximum Gasteiger partial charge on any atom is 0.224 e. The minimum Gasteiger partial charge on any atom is -0.464 e. The smallest absolute Gasteiger partial charge is 0.224 e. The molecule has 1 amide bonds. The van der Waals surface area contributed by atoms with Crippen LogP contribution in [0.25, 0.3) is 11.0 Å². The molecule has 1 aliphatic rings. The third-order valence-corrected chi connectivity index (χ3v) is 5.13. The van der Waals surface area contributed by atoms with Crippen LogP contribution in [0.15, 0.2) is 22.8 Å². The van der Waals surface area contributed by atoms with Gasteiger partial charge in [0.15, 0.2) is 0 Å². The highest BCUT2D eigenvalue weighted by atomic mass is 35.5. The highest BCUT2D eigenvalue weighted by molar-refractivity contribution is 6.32. The van der Waals surface area contributed by atoms with E-state index in [1.807, 2.05) is 19.1 Å². The number of halogens is 1. The van der Waals surface area contributed by atoms with Crippen LogP contribution in [0, 0.1) is 6.92 Å². The van der Waals surface area contributed by atoms with Crippen molar-refractivity contribution in [1.82, 2.24) is 10.2 Å². The van der Waals surface area contributed by atoms with Crippen LogP contribution in [0.4, 0.5) is 0 Å². The Labute approximate surface area is 141 Å². The van der Waals surface area contributed by atoms with E-state index >= 15 is 0 Å². The van der Waals surface area contributed by atoms with Crippen molar-refractivity contribution in [2.45, 2.75) is 39.2 Å². The van der Waals surface area contributed by atoms with E-state index < -0.39 is 0 Å². The molecule has 0 spiro atoms. The summed E-state index contributed by atoms with van der Waals surface area (Å²) in [5, 5.41) is 4.68. The van der Waals surface area contributed by atoms with Crippen LogP contribution in [0.5, 0.6) is 0 Å². The van der Waals surface area contributed by atoms with Crippen LogP contribution < -0.4 is 5.32 Å². The fourth-order valence-corrected chi connectivity index (χ4v) is 3.51. The average Bonchev–Trinajstić information content (AvgIpc) is 3.13. The Bertz CT molecular complexity index is 710. The Kier molecular flexibility index (Phi) is 4.93. The third kappa shape index (κ3) is 3.54. The summed E-state index contributed by atoms with van der Waals surface area (Å²) in [6.45, 7) is 7.02. The van der Waals surface area contributed by atoms with Crippen LogP contribution in [0.2, 0.25) is 5.02 Å². The van der Waals surface area contributed by atoms with Crippen molar-refractivity contribution in [3.8, 4) is 0 Å². The van der Waals surface area contributed by atoms with Gasteiger partial charge in [-0.3, -0.25) is 9.69 Å². The molecule has 4 nitrogen and oxygen atoms in total. The third-order valence-electron chi connectivity index (χ3n) is 4.73. The van der Waals surface area contributed by atoms with Gasteiger partial charge in [0.05, 0.1) is 12.7 Å². The van der Waals surface area contributed by atoms with E-state index in [4.69, 9.17) is 16.0 Å². The van der Waals surface area contributed by atoms with Crippen molar-refractivity contribution in [2.24, 2.45) is 0 Å². The maximum absolute atomic E-state index is 12.3. The summed E-state index contributed by atoms with van der Waals surface area (Å²) in [6.07, 6.45) is 4.37. The van der Waals surface area contributed by atoms with E-state index in [0.29, 0.717) is 17.5 Å². The van der Waals surface area contributed by atoms with Crippen LogP contribution >= 0.6 is 11.6 Å². The molecule has 1 saturated heterocycles. The second kappa shape index (κ2) is 6.93. The first-order valence-corrected chi connectivity index (χ1v) is 8.63. The number of nitrogens with zero attached hydrogens (tertiary/aromatic N) is 1. The molecule has 1 aromatic carbocycles. The van der Waals surface area contributed by atoms with E-state index in [-0.39, 0.29) is 5.91 Å². The summed E-state index contributed by atoms with van der Waals surface area (Å²) in [7, 11) is 0. The molecule has 1 atom stereocenters. The number of amides is 1. The van der Waals surface area contributed by atoms with E-state index in [9.17, 15) is 4.79 Å². The number of nitrogens with one attached hydrogen (secondary N) is 1.